The number of halogens is 1. The number of rotatable bonds is 6. The number of hydrogen-bond acceptors (Lipinski definition) is 4. The fraction of sp³-hybridized carbons (Fsp3) is 0.0909. The molecule has 0 spiro atoms. The zero-order valence-corrected chi connectivity index (χ0v) is 16.6. The van der Waals surface area contributed by atoms with E-state index in [4.69, 9.17) is 21.1 Å². The summed E-state index contributed by atoms with van der Waals surface area (Å²) < 4.78 is 10.5. The molecule has 7 heteroatoms. The van der Waals surface area contributed by atoms with Gasteiger partial charge in [0.05, 0.1) is 14.2 Å². The van der Waals surface area contributed by atoms with Crippen molar-refractivity contribution >= 4 is 34.8 Å². The van der Waals surface area contributed by atoms with Gasteiger partial charge in [-0.25, -0.2) is 0 Å². The molecule has 0 aliphatic heterocycles. The van der Waals surface area contributed by atoms with Gasteiger partial charge in [0.15, 0.2) is 0 Å². The van der Waals surface area contributed by atoms with Crippen LogP contribution in [0, 0.1) is 0 Å². The Morgan fingerprint density at radius 2 is 1.28 bits per heavy atom. The average molecular weight is 411 g/mol. The lowest BCUT2D eigenvalue weighted by Crippen LogP contribution is -2.15. The Balaban J connectivity index is 1.71. The van der Waals surface area contributed by atoms with Crippen LogP contribution in [0.4, 0.5) is 11.4 Å². The highest BCUT2D eigenvalue weighted by atomic mass is 35.5. The van der Waals surface area contributed by atoms with Gasteiger partial charge in [-0.05, 0) is 54.6 Å². The average Bonchev–Trinajstić information content (AvgIpc) is 2.74. The number of carbonyl (C=O) groups excluding carboxylic acids is 2. The fourth-order valence-electron chi connectivity index (χ4n) is 2.74. The first kappa shape index (κ1) is 20.2. The van der Waals surface area contributed by atoms with Crippen molar-refractivity contribution in [3.8, 4) is 11.5 Å². The summed E-state index contributed by atoms with van der Waals surface area (Å²) in [6.07, 6.45) is 0. The molecular formula is C22H19ClN2O4. The minimum Gasteiger partial charge on any atom is -0.496 e. The highest BCUT2D eigenvalue weighted by Crippen LogP contribution is 2.29. The van der Waals surface area contributed by atoms with E-state index < -0.39 is 0 Å². The molecule has 0 atom stereocenters. The number of methoxy groups -OCH3 is 2. The minimum atomic E-state index is -0.366. The van der Waals surface area contributed by atoms with Crippen LogP contribution in [-0.4, -0.2) is 26.0 Å². The minimum absolute atomic E-state index is 0.275. The third-order valence-corrected chi connectivity index (χ3v) is 4.38. The Kier molecular flexibility index (Phi) is 6.36. The van der Waals surface area contributed by atoms with Crippen LogP contribution in [0.25, 0.3) is 0 Å². The van der Waals surface area contributed by atoms with Crippen LogP contribution < -0.4 is 20.1 Å². The third-order valence-electron chi connectivity index (χ3n) is 4.14. The molecule has 0 radical (unpaired) electrons. The summed E-state index contributed by atoms with van der Waals surface area (Å²) in [7, 11) is 2.98. The number of ether oxygens (including phenoxy) is 2. The maximum absolute atomic E-state index is 12.7. The van der Waals surface area contributed by atoms with Crippen molar-refractivity contribution in [2.75, 3.05) is 24.9 Å². The summed E-state index contributed by atoms with van der Waals surface area (Å²) >= 11 is 5.92. The maximum Gasteiger partial charge on any atom is 0.263 e. The number of carbonyl (C=O) groups is 2. The Bertz CT molecular complexity index is 1010. The Labute approximate surface area is 173 Å². The van der Waals surface area contributed by atoms with Gasteiger partial charge in [-0.1, -0.05) is 23.7 Å². The second-order valence-electron chi connectivity index (χ2n) is 6.03. The standard InChI is InChI=1S/C22H19ClN2O4/c1-28-18-7-4-8-19(29-2)20(18)22(27)25-17-11-9-16(10-12-17)24-21(26)14-5-3-6-15(23)13-14/h3-13H,1-2H3,(H,24,26)(H,25,27). The highest BCUT2D eigenvalue weighted by molar-refractivity contribution is 6.31. The zero-order chi connectivity index (χ0) is 20.8. The van der Waals surface area contributed by atoms with Crippen molar-refractivity contribution in [2.45, 2.75) is 0 Å². The molecule has 0 fully saturated rings. The molecule has 3 aromatic rings. The van der Waals surface area contributed by atoms with Crippen LogP contribution in [0.1, 0.15) is 20.7 Å². The van der Waals surface area contributed by atoms with Crippen LogP contribution in [0.2, 0.25) is 5.02 Å². The van der Waals surface area contributed by atoms with Crippen molar-refractivity contribution in [1.82, 2.24) is 0 Å². The summed E-state index contributed by atoms with van der Waals surface area (Å²) in [4.78, 5) is 25.0. The first-order chi connectivity index (χ1) is 14.0. The van der Waals surface area contributed by atoms with Gasteiger partial charge in [0.2, 0.25) is 0 Å². The fourth-order valence-corrected chi connectivity index (χ4v) is 2.93. The van der Waals surface area contributed by atoms with E-state index in [2.05, 4.69) is 10.6 Å². The summed E-state index contributed by atoms with van der Waals surface area (Å²) in [6.45, 7) is 0. The lowest BCUT2D eigenvalue weighted by atomic mass is 10.1. The van der Waals surface area contributed by atoms with E-state index in [1.54, 1.807) is 66.7 Å². The Morgan fingerprint density at radius 1 is 0.759 bits per heavy atom. The van der Waals surface area contributed by atoms with Gasteiger partial charge >= 0.3 is 0 Å². The maximum atomic E-state index is 12.7. The second kappa shape index (κ2) is 9.12. The van der Waals surface area contributed by atoms with Crippen molar-refractivity contribution in [2.24, 2.45) is 0 Å². The van der Waals surface area contributed by atoms with E-state index >= 15 is 0 Å². The molecule has 2 N–H and O–H groups in total. The molecule has 3 aromatic carbocycles. The van der Waals surface area contributed by atoms with E-state index in [1.165, 1.54) is 14.2 Å². The second-order valence-corrected chi connectivity index (χ2v) is 6.47. The van der Waals surface area contributed by atoms with Crippen LogP contribution in [-0.2, 0) is 0 Å². The number of hydrogen-bond donors (Lipinski definition) is 2. The SMILES string of the molecule is COc1cccc(OC)c1C(=O)Nc1ccc(NC(=O)c2cccc(Cl)c2)cc1. The predicted molar refractivity (Wildman–Crippen MR) is 113 cm³/mol. The molecule has 0 saturated heterocycles. The highest BCUT2D eigenvalue weighted by Gasteiger charge is 2.18. The van der Waals surface area contributed by atoms with Gasteiger partial charge in [-0.3, -0.25) is 9.59 Å². The van der Waals surface area contributed by atoms with E-state index in [-0.39, 0.29) is 11.8 Å². The van der Waals surface area contributed by atoms with E-state index in [0.717, 1.165) is 0 Å². The van der Waals surface area contributed by atoms with Crippen LogP contribution in [0.15, 0.2) is 66.7 Å². The molecule has 0 aliphatic carbocycles. The molecule has 0 aliphatic rings. The molecule has 0 saturated carbocycles. The monoisotopic (exact) mass is 410 g/mol. The van der Waals surface area contributed by atoms with Crippen molar-refractivity contribution in [1.29, 1.82) is 0 Å². The van der Waals surface area contributed by atoms with E-state index in [0.29, 0.717) is 39.0 Å². The number of anilines is 2. The summed E-state index contributed by atoms with van der Waals surface area (Å²) in [5, 5.41) is 6.07. The lowest BCUT2D eigenvalue weighted by Gasteiger charge is -2.13. The van der Waals surface area contributed by atoms with E-state index in [9.17, 15) is 9.59 Å². The predicted octanol–water partition coefficient (Wildman–Crippen LogP) is 4.86. The molecule has 2 amide bonds. The van der Waals surface area contributed by atoms with Gasteiger partial charge in [-0.15, -0.1) is 0 Å². The molecular weight excluding hydrogens is 392 g/mol. The number of amides is 2. The normalized spacial score (nSPS) is 10.2. The summed E-state index contributed by atoms with van der Waals surface area (Å²) in [5.74, 6) is 0.178. The van der Waals surface area contributed by atoms with Gasteiger partial charge in [0, 0.05) is 22.0 Å². The molecule has 29 heavy (non-hydrogen) atoms. The summed E-state index contributed by atoms with van der Waals surface area (Å²) in [6, 6.07) is 18.6. The van der Waals surface area contributed by atoms with Gasteiger partial charge in [0.1, 0.15) is 17.1 Å². The van der Waals surface area contributed by atoms with Gasteiger partial charge in [-0.2, -0.15) is 0 Å². The zero-order valence-electron chi connectivity index (χ0n) is 15.9. The van der Waals surface area contributed by atoms with Crippen molar-refractivity contribution < 1.29 is 19.1 Å². The van der Waals surface area contributed by atoms with Gasteiger partial charge in [0.25, 0.3) is 11.8 Å². The largest absolute Gasteiger partial charge is 0.496 e. The smallest absolute Gasteiger partial charge is 0.263 e. The molecule has 6 nitrogen and oxygen atoms in total. The molecule has 0 bridgehead atoms. The molecule has 0 aromatic heterocycles. The molecule has 3 rings (SSSR count). The van der Waals surface area contributed by atoms with Crippen molar-refractivity contribution in [3.05, 3.63) is 82.9 Å². The number of nitrogens with one attached hydrogen (secondary N) is 2. The van der Waals surface area contributed by atoms with Crippen LogP contribution >= 0.6 is 11.6 Å². The first-order valence-electron chi connectivity index (χ1n) is 8.71. The number of benzene rings is 3. The van der Waals surface area contributed by atoms with Gasteiger partial charge < -0.3 is 20.1 Å². The Morgan fingerprint density at radius 3 is 1.79 bits per heavy atom. The summed E-state index contributed by atoms with van der Waals surface area (Å²) in [5.41, 5.74) is 1.90. The topological polar surface area (TPSA) is 76.7 Å². The van der Waals surface area contributed by atoms with Crippen molar-refractivity contribution in [3.63, 3.8) is 0 Å². The molecule has 0 unspecified atom stereocenters. The van der Waals surface area contributed by atoms with Crippen LogP contribution in [0.5, 0.6) is 11.5 Å². The molecule has 148 valence electrons. The quantitative estimate of drug-likeness (QED) is 0.608. The first-order valence-corrected chi connectivity index (χ1v) is 9.09. The van der Waals surface area contributed by atoms with Crippen LogP contribution in [0.3, 0.4) is 0 Å². The molecule has 0 heterocycles. The Hall–Kier alpha value is -3.51. The third kappa shape index (κ3) is 4.86. The van der Waals surface area contributed by atoms with E-state index in [1.807, 2.05) is 0 Å². The lowest BCUT2D eigenvalue weighted by molar-refractivity contribution is 0.101.